The number of nitrogens with one attached hydrogen (secondary N) is 1. The molecule has 3 heterocycles. The summed E-state index contributed by atoms with van der Waals surface area (Å²) in [6.07, 6.45) is 0. The van der Waals surface area contributed by atoms with Crippen LogP contribution in [0.25, 0.3) is 0 Å². The number of rotatable bonds is 3. The van der Waals surface area contributed by atoms with Crippen LogP contribution in [0.1, 0.15) is 13.8 Å². The molecule has 1 N–H and O–H groups in total. The Morgan fingerprint density at radius 2 is 1.96 bits per heavy atom. The number of urea groups is 1. The van der Waals surface area contributed by atoms with Gasteiger partial charge in [-0.2, -0.15) is 0 Å². The molecule has 24 heavy (non-hydrogen) atoms. The predicted molar refractivity (Wildman–Crippen MR) is 88.8 cm³/mol. The van der Waals surface area contributed by atoms with Crippen molar-refractivity contribution in [3.05, 3.63) is 0 Å². The van der Waals surface area contributed by atoms with Crippen LogP contribution in [0.2, 0.25) is 0 Å². The van der Waals surface area contributed by atoms with Crippen molar-refractivity contribution in [3.63, 3.8) is 0 Å². The molecule has 0 aromatic rings. The highest BCUT2D eigenvalue weighted by Gasteiger charge is 2.54. The third kappa shape index (κ3) is 3.84. The van der Waals surface area contributed by atoms with Crippen molar-refractivity contribution < 1.29 is 22.7 Å². The molecule has 0 aromatic carbocycles. The molecule has 8 nitrogen and oxygen atoms in total. The van der Waals surface area contributed by atoms with Crippen molar-refractivity contribution in [2.45, 2.75) is 30.7 Å². The molecule has 0 bridgehead atoms. The summed E-state index contributed by atoms with van der Waals surface area (Å²) in [6, 6.07) is -0.102. The minimum Gasteiger partial charge on any atom is -0.379 e. The molecule has 138 valence electrons. The lowest BCUT2D eigenvalue weighted by Gasteiger charge is -2.52. The average molecular weight is 361 g/mol. The molecule has 1 spiro atoms. The van der Waals surface area contributed by atoms with Gasteiger partial charge in [-0.15, -0.1) is 0 Å². The first-order chi connectivity index (χ1) is 11.3. The van der Waals surface area contributed by atoms with Crippen molar-refractivity contribution in [1.29, 1.82) is 0 Å². The van der Waals surface area contributed by atoms with E-state index in [1.807, 2.05) is 13.8 Å². The zero-order valence-electron chi connectivity index (χ0n) is 14.4. The van der Waals surface area contributed by atoms with Gasteiger partial charge in [-0.3, -0.25) is 4.90 Å². The fraction of sp³-hybridized carbons (Fsp3) is 0.933. The number of morpholine rings is 1. The molecule has 0 saturated carbocycles. The molecule has 3 rings (SSSR count). The van der Waals surface area contributed by atoms with Crippen LogP contribution in [0.4, 0.5) is 4.79 Å². The second-order valence-corrected chi connectivity index (χ2v) is 9.58. The molecular formula is C15H27N3O5S. The zero-order chi connectivity index (χ0) is 17.4. The number of hydrogen-bond donors (Lipinski definition) is 1. The van der Waals surface area contributed by atoms with Gasteiger partial charge >= 0.3 is 6.03 Å². The second kappa shape index (κ2) is 6.78. The Morgan fingerprint density at radius 1 is 1.29 bits per heavy atom. The lowest BCUT2D eigenvalue weighted by Crippen LogP contribution is -2.72. The number of nitrogens with zero attached hydrogens (tertiary/aromatic N) is 2. The number of carbonyl (C=O) groups is 1. The third-order valence-corrected chi connectivity index (χ3v) is 7.00. The first-order valence-corrected chi connectivity index (χ1v) is 10.2. The minimum atomic E-state index is -3.23. The molecule has 0 aliphatic carbocycles. The Hall–Kier alpha value is -0.900. The summed E-state index contributed by atoms with van der Waals surface area (Å²) in [5.41, 5.74) is -0.714. The van der Waals surface area contributed by atoms with E-state index in [0.29, 0.717) is 32.8 Å². The summed E-state index contributed by atoms with van der Waals surface area (Å²) >= 11 is 0. The van der Waals surface area contributed by atoms with E-state index in [0.717, 1.165) is 13.1 Å². The Balaban J connectivity index is 1.54. The van der Waals surface area contributed by atoms with Crippen molar-refractivity contribution in [2.75, 3.05) is 58.3 Å². The van der Waals surface area contributed by atoms with Crippen molar-refractivity contribution in [2.24, 2.45) is 0 Å². The summed E-state index contributed by atoms with van der Waals surface area (Å²) in [5.74, 6) is 0.000462. The zero-order valence-corrected chi connectivity index (χ0v) is 15.2. The molecule has 2 amide bonds. The third-order valence-electron chi connectivity index (χ3n) is 4.77. The van der Waals surface area contributed by atoms with E-state index < -0.39 is 20.7 Å². The van der Waals surface area contributed by atoms with Crippen LogP contribution >= 0.6 is 0 Å². The average Bonchev–Trinajstić information content (AvgIpc) is 2.47. The molecule has 0 aromatic heterocycles. The maximum Gasteiger partial charge on any atom is 0.317 e. The van der Waals surface area contributed by atoms with Gasteiger partial charge in [-0.25, -0.2) is 13.2 Å². The fourth-order valence-electron chi connectivity index (χ4n) is 3.45. The first kappa shape index (κ1) is 17.9. The normalized spacial score (nSPS) is 29.5. The van der Waals surface area contributed by atoms with Gasteiger partial charge in [0.1, 0.15) is 5.60 Å². The smallest absolute Gasteiger partial charge is 0.317 e. The minimum absolute atomic E-state index is 0.000462. The maximum absolute atomic E-state index is 12.7. The Morgan fingerprint density at radius 3 is 2.54 bits per heavy atom. The molecule has 1 atom stereocenters. The van der Waals surface area contributed by atoms with Gasteiger partial charge in [0, 0.05) is 25.7 Å². The quantitative estimate of drug-likeness (QED) is 0.716. The van der Waals surface area contributed by atoms with Gasteiger partial charge in [0.15, 0.2) is 9.84 Å². The largest absolute Gasteiger partial charge is 0.379 e. The predicted octanol–water partition coefficient (Wildman–Crippen LogP) is -0.695. The molecule has 3 fully saturated rings. The van der Waals surface area contributed by atoms with E-state index in [4.69, 9.17) is 9.47 Å². The summed E-state index contributed by atoms with van der Waals surface area (Å²) in [6.45, 7) is 8.01. The van der Waals surface area contributed by atoms with Crippen LogP contribution < -0.4 is 5.32 Å². The van der Waals surface area contributed by atoms with E-state index in [1.54, 1.807) is 4.90 Å². The van der Waals surface area contributed by atoms with Gasteiger partial charge in [0.25, 0.3) is 0 Å². The molecule has 0 unspecified atom stereocenters. The van der Waals surface area contributed by atoms with Crippen LogP contribution in [0, 0.1) is 0 Å². The SMILES string of the molecule is CC(C)NC(=O)N1CC2(C1)CS(=O)(=O)[C@@H](CN1CCOCC1)CO2. The monoisotopic (exact) mass is 361 g/mol. The van der Waals surface area contributed by atoms with E-state index >= 15 is 0 Å². The van der Waals surface area contributed by atoms with E-state index in [-0.39, 0.29) is 24.4 Å². The Bertz CT molecular complexity index is 568. The topological polar surface area (TPSA) is 88.2 Å². The lowest BCUT2D eigenvalue weighted by atomic mass is 9.96. The van der Waals surface area contributed by atoms with Gasteiger partial charge in [0.05, 0.1) is 43.9 Å². The standard InChI is InChI=1S/C15H27N3O5S/c1-12(2)16-14(19)18-9-15(10-18)11-24(20,21)13(8-23-15)7-17-3-5-22-6-4-17/h12-13H,3-11H2,1-2H3,(H,16,19)/t13-/m0/s1. The van der Waals surface area contributed by atoms with Crippen LogP contribution in [0.15, 0.2) is 0 Å². The van der Waals surface area contributed by atoms with E-state index in [9.17, 15) is 13.2 Å². The maximum atomic E-state index is 12.7. The molecule has 0 radical (unpaired) electrons. The summed E-state index contributed by atoms with van der Waals surface area (Å²) in [4.78, 5) is 15.7. The van der Waals surface area contributed by atoms with Gasteiger partial charge in [-0.05, 0) is 13.8 Å². The Labute approximate surface area is 143 Å². The number of likely N-dealkylation sites (tertiary alicyclic amines) is 1. The number of ether oxygens (including phenoxy) is 2. The molecule has 3 aliphatic heterocycles. The van der Waals surface area contributed by atoms with Crippen molar-refractivity contribution in [1.82, 2.24) is 15.1 Å². The molecule has 9 heteroatoms. The number of carbonyl (C=O) groups excluding carboxylic acids is 1. The second-order valence-electron chi connectivity index (χ2n) is 7.30. The first-order valence-electron chi connectivity index (χ1n) is 8.51. The Kier molecular flexibility index (Phi) is 5.06. The highest BCUT2D eigenvalue weighted by atomic mass is 32.2. The van der Waals surface area contributed by atoms with Gasteiger partial charge in [-0.1, -0.05) is 0 Å². The van der Waals surface area contributed by atoms with Crippen molar-refractivity contribution >= 4 is 15.9 Å². The van der Waals surface area contributed by atoms with Crippen LogP contribution in [-0.4, -0.2) is 99.4 Å². The van der Waals surface area contributed by atoms with Crippen LogP contribution in [0.3, 0.4) is 0 Å². The number of sulfone groups is 1. The van der Waals surface area contributed by atoms with Gasteiger partial charge < -0.3 is 19.7 Å². The molecular weight excluding hydrogens is 334 g/mol. The summed E-state index contributed by atoms with van der Waals surface area (Å²) < 4.78 is 36.5. The lowest BCUT2D eigenvalue weighted by molar-refractivity contribution is -0.119. The van der Waals surface area contributed by atoms with Crippen molar-refractivity contribution in [3.8, 4) is 0 Å². The van der Waals surface area contributed by atoms with Crippen LogP contribution in [-0.2, 0) is 19.3 Å². The van der Waals surface area contributed by atoms with Crippen LogP contribution in [0.5, 0.6) is 0 Å². The molecule has 3 saturated heterocycles. The summed E-state index contributed by atoms with van der Waals surface area (Å²) in [7, 11) is -3.23. The van der Waals surface area contributed by atoms with Gasteiger partial charge in [0.2, 0.25) is 0 Å². The van der Waals surface area contributed by atoms with E-state index in [2.05, 4.69) is 10.2 Å². The highest BCUT2D eigenvalue weighted by molar-refractivity contribution is 7.92. The fourth-order valence-corrected chi connectivity index (χ4v) is 5.40. The summed E-state index contributed by atoms with van der Waals surface area (Å²) in [5, 5.41) is 2.33. The van der Waals surface area contributed by atoms with E-state index in [1.165, 1.54) is 0 Å². The number of amides is 2. The number of hydrogen-bond acceptors (Lipinski definition) is 6. The molecule has 3 aliphatic rings. The highest BCUT2D eigenvalue weighted by Crippen LogP contribution is 2.33.